The predicted molar refractivity (Wildman–Crippen MR) is 107 cm³/mol. The van der Waals surface area contributed by atoms with E-state index >= 15 is 0 Å². The van der Waals surface area contributed by atoms with E-state index in [2.05, 4.69) is 51.9 Å². The molecule has 0 unspecified atom stereocenters. The number of halogens is 3. The molecule has 0 N–H and O–H groups in total. The van der Waals surface area contributed by atoms with Gasteiger partial charge in [-0.3, -0.25) is 0 Å². The average molecular weight is 391 g/mol. The third-order valence-electron chi connectivity index (χ3n) is 3.78. The van der Waals surface area contributed by atoms with Gasteiger partial charge in [0.1, 0.15) is 19.6 Å². The van der Waals surface area contributed by atoms with Gasteiger partial charge in [-0.05, 0) is 41.8 Å². The quantitative estimate of drug-likeness (QED) is 0.395. The van der Waals surface area contributed by atoms with Crippen LogP contribution in [0.4, 0.5) is 13.2 Å². The summed E-state index contributed by atoms with van der Waals surface area (Å²) in [6, 6.07) is 10.6. The Labute approximate surface area is 160 Å². The minimum Gasteiger partial charge on any atom is -0.457 e. The maximum absolute atomic E-state index is 12.7. The Kier molecular flexibility index (Phi) is 5.81. The molecule has 0 bridgehead atoms. The van der Waals surface area contributed by atoms with E-state index in [0.29, 0.717) is 11.5 Å². The Morgan fingerprint density at radius 2 is 1.48 bits per heavy atom. The molecule has 2 rings (SSSR count). The molecular formula is C22H25F3OSi. The van der Waals surface area contributed by atoms with E-state index in [-0.39, 0.29) is 5.41 Å². The van der Waals surface area contributed by atoms with Gasteiger partial charge >= 0.3 is 6.18 Å². The Hall–Kier alpha value is -2.19. The van der Waals surface area contributed by atoms with Crippen LogP contribution >= 0.6 is 0 Å². The van der Waals surface area contributed by atoms with Gasteiger partial charge in [0.05, 0.1) is 5.56 Å². The monoisotopic (exact) mass is 390 g/mol. The first-order valence-corrected chi connectivity index (χ1v) is 12.3. The molecule has 0 saturated heterocycles. The van der Waals surface area contributed by atoms with E-state index in [0.717, 1.165) is 23.3 Å². The van der Waals surface area contributed by atoms with Gasteiger partial charge in [0.15, 0.2) is 0 Å². The Balaban J connectivity index is 2.41. The molecule has 5 heteroatoms. The van der Waals surface area contributed by atoms with E-state index in [4.69, 9.17) is 4.74 Å². The highest BCUT2D eigenvalue weighted by Gasteiger charge is 2.30. The lowest BCUT2D eigenvalue weighted by Crippen LogP contribution is -2.16. The second kappa shape index (κ2) is 7.44. The Morgan fingerprint density at radius 1 is 0.889 bits per heavy atom. The Bertz CT molecular complexity index is 858. The lowest BCUT2D eigenvalue weighted by atomic mass is 9.86. The standard InChI is InChI=1S/C22H25F3OSi/c1-21(2,3)19-12-7-16(13-14-27(4,5)6)15-20(19)26-18-10-8-17(9-11-18)22(23,24)25/h7-12,15H,1-6H3. The molecule has 0 amide bonds. The SMILES string of the molecule is CC(C)(C)c1ccc(C#C[Si](C)(C)C)cc1Oc1ccc(C(F)(F)F)cc1. The van der Waals surface area contributed by atoms with Crippen LogP contribution in [0.1, 0.15) is 37.5 Å². The van der Waals surface area contributed by atoms with Gasteiger partial charge in [0.2, 0.25) is 0 Å². The van der Waals surface area contributed by atoms with Crippen LogP contribution in [-0.2, 0) is 11.6 Å². The van der Waals surface area contributed by atoms with Crippen molar-refractivity contribution in [3.05, 3.63) is 59.2 Å². The first-order valence-electron chi connectivity index (χ1n) is 8.78. The lowest BCUT2D eigenvalue weighted by Gasteiger charge is -2.23. The van der Waals surface area contributed by atoms with Crippen molar-refractivity contribution in [1.82, 2.24) is 0 Å². The zero-order valence-corrected chi connectivity index (χ0v) is 17.6. The van der Waals surface area contributed by atoms with Gasteiger partial charge in [-0.1, -0.05) is 52.4 Å². The van der Waals surface area contributed by atoms with Crippen LogP contribution in [0.3, 0.4) is 0 Å². The predicted octanol–water partition coefficient (Wildman–Crippen LogP) is 7.02. The van der Waals surface area contributed by atoms with Gasteiger partial charge in [-0.15, -0.1) is 5.54 Å². The largest absolute Gasteiger partial charge is 0.457 e. The zero-order chi connectivity index (χ0) is 20.5. The maximum Gasteiger partial charge on any atom is 0.416 e. The molecule has 0 spiro atoms. The van der Waals surface area contributed by atoms with Crippen LogP contribution in [0.2, 0.25) is 19.6 Å². The van der Waals surface area contributed by atoms with Gasteiger partial charge in [-0.2, -0.15) is 13.2 Å². The molecule has 0 aliphatic carbocycles. The molecular weight excluding hydrogens is 365 g/mol. The van der Waals surface area contributed by atoms with Gasteiger partial charge in [-0.25, -0.2) is 0 Å². The molecule has 0 saturated carbocycles. The fraction of sp³-hybridized carbons (Fsp3) is 0.364. The molecule has 1 nitrogen and oxygen atoms in total. The van der Waals surface area contributed by atoms with Crippen LogP contribution in [0.25, 0.3) is 0 Å². The van der Waals surface area contributed by atoms with Crippen LogP contribution in [-0.4, -0.2) is 8.07 Å². The van der Waals surface area contributed by atoms with Crippen molar-refractivity contribution >= 4 is 8.07 Å². The lowest BCUT2D eigenvalue weighted by molar-refractivity contribution is -0.137. The Morgan fingerprint density at radius 3 is 1.96 bits per heavy atom. The molecule has 2 aromatic rings. The summed E-state index contributed by atoms with van der Waals surface area (Å²) in [6.45, 7) is 12.7. The van der Waals surface area contributed by atoms with Gasteiger partial charge in [0, 0.05) is 11.1 Å². The van der Waals surface area contributed by atoms with E-state index in [1.165, 1.54) is 12.1 Å². The second-order valence-electron chi connectivity index (χ2n) is 8.59. The number of hydrogen-bond donors (Lipinski definition) is 0. The fourth-order valence-electron chi connectivity index (χ4n) is 2.40. The normalized spacial score (nSPS) is 12.3. The summed E-state index contributed by atoms with van der Waals surface area (Å²) in [6.07, 6.45) is -4.36. The topological polar surface area (TPSA) is 9.23 Å². The van der Waals surface area contributed by atoms with Crippen molar-refractivity contribution in [2.24, 2.45) is 0 Å². The summed E-state index contributed by atoms with van der Waals surface area (Å²) < 4.78 is 44.2. The van der Waals surface area contributed by atoms with Crippen LogP contribution in [0.15, 0.2) is 42.5 Å². The smallest absolute Gasteiger partial charge is 0.416 e. The highest BCUT2D eigenvalue weighted by Crippen LogP contribution is 2.36. The van der Waals surface area contributed by atoms with Crippen molar-refractivity contribution < 1.29 is 17.9 Å². The minimum atomic E-state index is -4.36. The number of ether oxygens (including phenoxy) is 1. The van der Waals surface area contributed by atoms with Crippen LogP contribution in [0.5, 0.6) is 11.5 Å². The summed E-state index contributed by atoms with van der Waals surface area (Å²) in [5.74, 6) is 4.18. The second-order valence-corrected chi connectivity index (χ2v) is 13.3. The van der Waals surface area contributed by atoms with Crippen molar-refractivity contribution in [2.45, 2.75) is 52.0 Å². The van der Waals surface area contributed by atoms with E-state index in [9.17, 15) is 13.2 Å². The van der Waals surface area contributed by atoms with Crippen molar-refractivity contribution in [3.63, 3.8) is 0 Å². The molecule has 2 aromatic carbocycles. The molecule has 0 aromatic heterocycles. The van der Waals surface area contributed by atoms with Crippen LogP contribution < -0.4 is 4.74 Å². The molecule has 0 heterocycles. The average Bonchev–Trinajstić information content (AvgIpc) is 2.51. The van der Waals surface area contributed by atoms with Crippen LogP contribution in [0, 0.1) is 11.5 Å². The van der Waals surface area contributed by atoms with E-state index in [1.807, 2.05) is 18.2 Å². The van der Waals surface area contributed by atoms with E-state index in [1.54, 1.807) is 0 Å². The van der Waals surface area contributed by atoms with Crippen molar-refractivity contribution in [3.8, 4) is 23.0 Å². The third kappa shape index (κ3) is 6.18. The maximum atomic E-state index is 12.7. The highest BCUT2D eigenvalue weighted by atomic mass is 28.3. The number of benzene rings is 2. The summed E-state index contributed by atoms with van der Waals surface area (Å²) in [4.78, 5) is 0. The third-order valence-corrected chi connectivity index (χ3v) is 4.66. The zero-order valence-electron chi connectivity index (χ0n) is 16.6. The molecule has 0 atom stereocenters. The molecule has 0 radical (unpaired) electrons. The molecule has 27 heavy (non-hydrogen) atoms. The number of alkyl halides is 3. The first kappa shape index (κ1) is 21.1. The number of hydrogen-bond acceptors (Lipinski definition) is 1. The summed E-state index contributed by atoms with van der Waals surface area (Å²) in [7, 11) is -1.51. The summed E-state index contributed by atoms with van der Waals surface area (Å²) >= 11 is 0. The molecule has 0 aliphatic heterocycles. The summed E-state index contributed by atoms with van der Waals surface area (Å²) in [5.41, 5.74) is 4.26. The molecule has 0 aliphatic rings. The van der Waals surface area contributed by atoms with Gasteiger partial charge < -0.3 is 4.74 Å². The first-order chi connectivity index (χ1) is 12.3. The van der Waals surface area contributed by atoms with Crippen molar-refractivity contribution in [1.29, 1.82) is 0 Å². The fourth-order valence-corrected chi connectivity index (χ4v) is 2.92. The highest BCUT2D eigenvalue weighted by molar-refractivity contribution is 6.83. The van der Waals surface area contributed by atoms with Gasteiger partial charge in [0.25, 0.3) is 0 Å². The minimum absolute atomic E-state index is 0.175. The number of rotatable bonds is 2. The molecule has 0 fully saturated rings. The van der Waals surface area contributed by atoms with E-state index < -0.39 is 19.8 Å². The summed E-state index contributed by atoms with van der Waals surface area (Å²) in [5, 5.41) is 0. The molecule has 144 valence electrons. The van der Waals surface area contributed by atoms with Crippen molar-refractivity contribution in [2.75, 3.05) is 0 Å².